The van der Waals surface area contributed by atoms with Gasteiger partial charge in [-0.15, -0.1) is 0 Å². The van der Waals surface area contributed by atoms with Crippen molar-refractivity contribution in [1.29, 1.82) is 0 Å². The number of alkyl halides is 18. The molecular weight excluding hydrogens is 1180 g/mol. The fourth-order valence-electron chi connectivity index (χ4n) is 2.85. The van der Waals surface area contributed by atoms with Gasteiger partial charge in [-0.25, -0.2) is 0 Å². The molecular formula is C31H26Br3Cl2F18Mg2N3O4. The fraction of sp³-hybridized carbons (Fsp3) is 0.387. The first kappa shape index (κ1) is 76.3. The minimum atomic E-state index is -5.99. The summed E-state index contributed by atoms with van der Waals surface area (Å²) in [6, 6.07) is 2.72. The van der Waals surface area contributed by atoms with Gasteiger partial charge >= 0.3 is 88.9 Å². The van der Waals surface area contributed by atoms with Gasteiger partial charge in [-0.1, -0.05) is 0 Å². The number of hydrogen-bond acceptors (Lipinski definition) is 7. The topological polar surface area (TPSA) is 113 Å². The predicted octanol–water partition coefficient (Wildman–Crippen LogP) is 5.36. The Morgan fingerprint density at radius 2 is 0.746 bits per heavy atom. The Bertz CT molecular complexity index is 1680. The molecule has 0 saturated heterocycles. The summed E-state index contributed by atoms with van der Waals surface area (Å²) in [6.45, 7) is 8.00. The molecule has 0 amide bonds. The van der Waals surface area contributed by atoms with Crippen molar-refractivity contribution in [3.63, 3.8) is 0 Å². The van der Waals surface area contributed by atoms with E-state index in [0.29, 0.717) is 12.3 Å². The quantitative estimate of drug-likeness (QED) is 0.158. The normalized spacial score (nSPS) is 11.5. The largest absolute Gasteiger partial charge is 2.00 e. The number of nitrogens with zero attached hydrogens (tertiary/aromatic N) is 3. The van der Waals surface area contributed by atoms with Gasteiger partial charge in [-0.05, 0) is 66.0 Å². The Morgan fingerprint density at radius 1 is 0.508 bits per heavy atom. The van der Waals surface area contributed by atoms with Crippen molar-refractivity contribution in [2.45, 2.75) is 76.0 Å². The average molecular weight is 1210 g/mol. The van der Waals surface area contributed by atoms with Crippen LogP contribution in [0.5, 0.6) is 0 Å². The fourth-order valence-corrected chi connectivity index (χ4v) is 4.25. The van der Waals surface area contributed by atoms with Gasteiger partial charge in [0.05, 0.1) is 0 Å². The number of rotatable bonds is 3. The second-order valence-corrected chi connectivity index (χ2v) is 13.0. The van der Waals surface area contributed by atoms with Crippen LogP contribution in [0.4, 0.5) is 79.0 Å². The molecule has 0 saturated carbocycles. The zero-order valence-electron chi connectivity index (χ0n) is 31.6. The maximum absolute atomic E-state index is 12.4. The molecule has 0 aliphatic rings. The number of ketones is 1. The van der Waals surface area contributed by atoms with Gasteiger partial charge in [-0.2, -0.15) is 107 Å². The number of halogens is 23. The van der Waals surface area contributed by atoms with Crippen molar-refractivity contribution in [2.75, 3.05) is 0 Å². The van der Waals surface area contributed by atoms with E-state index in [9.17, 15) is 88.6 Å². The molecule has 0 radical (unpaired) electrons. The van der Waals surface area contributed by atoms with Crippen molar-refractivity contribution in [3.05, 3.63) is 98.3 Å². The Labute approximate surface area is 415 Å². The molecule has 0 bridgehead atoms. The molecule has 0 spiro atoms. The number of aromatic nitrogens is 3. The molecule has 3 aromatic heterocycles. The summed E-state index contributed by atoms with van der Waals surface area (Å²) < 4.78 is 216. The number of carbonyl (C=O) groups is 2. The van der Waals surface area contributed by atoms with E-state index < -0.39 is 70.7 Å². The van der Waals surface area contributed by atoms with Crippen molar-refractivity contribution in [3.8, 4) is 0 Å². The summed E-state index contributed by atoms with van der Waals surface area (Å²) in [6.07, 6.45) is -25.6. The Kier molecular flexibility index (Phi) is 38.6. The van der Waals surface area contributed by atoms with Crippen LogP contribution >= 0.6 is 47.8 Å². The molecule has 3 heterocycles. The predicted molar refractivity (Wildman–Crippen MR) is 193 cm³/mol. The van der Waals surface area contributed by atoms with E-state index in [-0.39, 0.29) is 93.9 Å². The summed E-state index contributed by atoms with van der Waals surface area (Å²) >= 11 is 9.22. The van der Waals surface area contributed by atoms with E-state index in [0.717, 1.165) is 21.3 Å². The van der Waals surface area contributed by atoms with Crippen LogP contribution in [0.1, 0.15) is 49.2 Å². The zero-order valence-corrected chi connectivity index (χ0v) is 40.7. The zero-order chi connectivity index (χ0) is 47.6. The third-order valence-electron chi connectivity index (χ3n) is 5.26. The second-order valence-electron chi connectivity index (χ2n) is 10.2. The minimum absolute atomic E-state index is 0. The number of aldehydes is 1. The van der Waals surface area contributed by atoms with E-state index in [4.69, 9.17) is 10.2 Å². The molecule has 63 heavy (non-hydrogen) atoms. The van der Waals surface area contributed by atoms with Crippen LogP contribution in [0.3, 0.4) is 0 Å². The molecule has 0 aromatic carbocycles. The Hall–Kier alpha value is -0.998. The van der Waals surface area contributed by atoms with E-state index in [2.05, 4.69) is 62.7 Å². The first-order chi connectivity index (χ1) is 26.3. The van der Waals surface area contributed by atoms with Crippen LogP contribution in [0.25, 0.3) is 0 Å². The number of pyridine rings is 3. The molecule has 3 aromatic rings. The second kappa shape index (κ2) is 31.9. The number of Topliss-reactive ketones (excluding diaryl/α,β-unsaturated/α-hetero) is 1. The van der Waals surface area contributed by atoms with E-state index in [1.54, 1.807) is 12.4 Å². The third-order valence-corrected chi connectivity index (χ3v) is 6.56. The monoisotopic (exact) mass is 1200 g/mol. The van der Waals surface area contributed by atoms with Gasteiger partial charge in [-0.3, -0.25) is 24.5 Å². The van der Waals surface area contributed by atoms with Crippen molar-refractivity contribution >= 4 is 106 Å². The molecule has 0 atom stereocenters. The molecule has 3 rings (SSSR count). The summed E-state index contributed by atoms with van der Waals surface area (Å²) in [4.78, 5) is 29.7. The van der Waals surface area contributed by atoms with Crippen molar-refractivity contribution in [2.24, 2.45) is 0 Å². The molecule has 2 N–H and O–H groups in total. The van der Waals surface area contributed by atoms with Gasteiger partial charge in [0, 0.05) is 67.3 Å². The summed E-state index contributed by atoms with van der Waals surface area (Å²) in [5.41, 5.74) is -13.5. The summed E-state index contributed by atoms with van der Waals surface area (Å²) in [7, 11) is 0. The number of aliphatic hydroxyl groups is 2. The molecule has 32 heteroatoms. The molecule has 0 unspecified atom stereocenters. The van der Waals surface area contributed by atoms with Gasteiger partial charge < -0.3 is 47.9 Å². The smallest absolute Gasteiger partial charge is 1.00 e. The van der Waals surface area contributed by atoms with Gasteiger partial charge in [0.1, 0.15) is 0 Å². The Balaban J connectivity index is -0.000000129. The third kappa shape index (κ3) is 25.6. The summed E-state index contributed by atoms with van der Waals surface area (Å²) in [5, 5.41) is 17.9. The molecule has 7 nitrogen and oxygen atoms in total. The average Bonchev–Trinajstić information content (AvgIpc) is 3.06. The van der Waals surface area contributed by atoms with E-state index >= 15 is 0 Å². The summed E-state index contributed by atoms with van der Waals surface area (Å²) in [5.74, 6) is -3.68. The van der Waals surface area contributed by atoms with E-state index in [1.165, 1.54) is 0 Å². The molecule has 0 aliphatic carbocycles. The van der Waals surface area contributed by atoms with Crippen LogP contribution < -0.4 is 24.8 Å². The van der Waals surface area contributed by atoms with Crippen molar-refractivity contribution in [1.82, 2.24) is 15.0 Å². The first-order valence-electron chi connectivity index (χ1n) is 14.5. The molecule has 0 fully saturated rings. The van der Waals surface area contributed by atoms with Crippen LogP contribution in [0, 0.1) is 12.8 Å². The number of carbonyl (C=O) groups excluding carboxylic acids is 2. The van der Waals surface area contributed by atoms with Gasteiger partial charge in [0.25, 0.3) is 11.2 Å². The molecule has 0 aliphatic heterocycles. The van der Waals surface area contributed by atoms with Gasteiger partial charge in [0.15, 0.2) is 6.29 Å². The van der Waals surface area contributed by atoms with Gasteiger partial charge in [0.2, 0.25) is 0 Å². The van der Waals surface area contributed by atoms with Crippen LogP contribution in [0.2, 0.25) is 0 Å². The maximum atomic E-state index is 12.4. The SMILES string of the molecule is Brc1cncc(Br)c1.C[CH-]C.C[CH-]C.O=C(C(F)(F)F)C(F)(F)F.O=Cc1cncc(C(O)(C(F)(F)F)C(F)(F)F)c1.OC(c1cncc(Br)c1)(C(F)(F)F)C(F)(F)F.[Cl-].[Cl-].[Mg+2].[Mg+2]. The van der Waals surface area contributed by atoms with Crippen LogP contribution in [-0.2, 0) is 16.0 Å². The van der Waals surface area contributed by atoms with Crippen LogP contribution in [-0.4, -0.2) is 120 Å². The van der Waals surface area contributed by atoms with Crippen molar-refractivity contribution < 1.29 is 124 Å². The minimum Gasteiger partial charge on any atom is -1.00 e. The first-order valence-corrected chi connectivity index (χ1v) is 16.8. The maximum Gasteiger partial charge on any atom is 2.00 e. The van der Waals surface area contributed by atoms with Crippen LogP contribution in [0.15, 0.2) is 68.8 Å². The Morgan fingerprint density at radius 3 is 0.937 bits per heavy atom. The number of hydrogen-bond donors (Lipinski definition) is 2. The standard InChI is InChI=1S/C9H5F6NO2.C8H4BrF6NO.C5H3Br2N.C3F6O.2C3H7.2ClH.2Mg/c10-8(11,12)7(18,9(13,14)15)6-1-5(4-17)2-16-3-6;9-5-1-4(2-16-3-5)6(17,7(10,11)12)8(13,14)15;6-4-1-5(7)3-8-2-4;4-2(5,6)1(10)3(7,8)9;2*1-3-2;;;;/h1-4,18H;1-3,17H;1-3H;;2*3H,1-2H3;2*1H;;/q;;;;2*-1;;;2*+2/p-2. The molecule has 354 valence electrons. The van der Waals surface area contributed by atoms with E-state index in [1.807, 2.05) is 46.6 Å².